The number of carboxylic acids is 2. The van der Waals surface area contributed by atoms with E-state index in [-0.39, 0.29) is 19.3 Å². The molecule has 20 heavy (non-hydrogen) atoms. The van der Waals surface area contributed by atoms with Gasteiger partial charge in [-0.25, -0.2) is 4.79 Å². The largest absolute Gasteiger partial charge is 0.481 e. The first kappa shape index (κ1) is 17.1. The van der Waals surface area contributed by atoms with Crippen LogP contribution in [-0.2, 0) is 9.59 Å². The van der Waals surface area contributed by atoms with Gasteiger partial charge in [0, 0.05) is 10.9 Å². The molecule has 3 N–H and O–H groups in total. The summed E-state index contributed by atoms with van der Waals surface area (Å²) >= 11 is 7.66. The van der Waals surface area contributed by atoms with Crippen LogP contribution in [-0.4, -0.2) is 34.1 Å². The Kier molecular flexibility index (Phi) is 6.63. The Labute approximate surface area is 135 Å². The van der Waals surface area contributed by atoms with Crippen molar-refractivity contribution in [1.29, 1.82) is 0 Å². The highest BCUT2D eigenvalue weighted by Crippen LogP contribution is 2.32. The zero-order chi connectivity index (χ0) is 15.3. The molecule has 9 heteroatoms. The van der Waals surface area contributed by atoms with Crippen LogP contribution in [0.5, 0.6) is 0 Å². The maximum absolute atomic E-state index is 11.9. The van der Waals surface area contributed by atoms with Gasteiger partial charge in [-0.15, -0.1) is 11.3 Å². The van der Waals surface area contributed by atoms with E-state index in [2.05, 4.69) is 37.2 Å². The fraction of sp³-hybridized carbons (Fsp3) is 0.364. The van der Waals surface area contributed by atoms with Crippen LogP contribution in [0, 0.1) is 0 Å². The van der Waals surface area contributed by atoms with Gasteiger partial charge in [0.05, 0.1) is 8.66 Å². The first-order valence-corrected chi connectivity index (χ1v) is 7.91. The smallest absolute Gasteiger partial charge is 0.326 e. The maximum atomic E-state index is 11.9. The molecule has 0 bridgehead atoms. The maximum Gasteiger partial charge on any atom is 0.326 e. The molecule has 1 atom stereocenters. The molecule has 1 aromatic rings. The molecule has 1 amide bonds. The summed E-state index contributed by atoms with van der Waals surface area (Å²) in [6, 6.07) is 0.488. The van der Waals surface area contributed by atoms with Crippen LogP contribution in [0.25, 0.3) is 0 Å². The van der Waals surface area contributed by atoms with E-state index in [1.165, 1.54) is 11.3 Å². The van der Waals surface area contributed by atoms with Crippen LogP contribution in [0.4, 0.5) is 0 Å². The number of carbonyl (C=O) groups is 3. The van der Waals surface area contributed by atoms with Crippen molar-refractivity contribution in [1.82, 2.24) is 5.32 Å². The number of carbonyl (C=O) groups excluding carboxylic acids is 1. The quantitative estimate of drug-likeness (QED) is 0.619. The highest BCUT2D eigenvalue weighted by molar-refractivity contribution is 9.13. The van der Waals surface area contributed by atoms with Gasteiger partial charge < -0.3 is 15.5 Å². The predicted octanol–water partition coefficient (Wildman–Crippen LogP) is 2.71. The molecule has 0 saturated heterocycles. The number of amides is 1. The summed E-state index contributed by atoms with van der Waals surface area (Å²) in [6.07, 6.45) is 0.126. The Morgan fingerprint density at radius 3 is 2.40 bits per heavy atom. The molecule has 6 nitrogen and oxygen atoms in total. The van der Waals surface area contributed by atoms with E-state index in [1.54, 1.807) is 6.07 Å². The minimum atomic E-state index is -1.18. The third-order valence-corrected chi connectivity index (χ3v) is 5.61. The summed E-state index contributed by atoms with van der Waals surface area (Å²) < 4.78 is 1.45. The molecule has 0 radical (unpaired) electrons. The number of aliphatic carboxylic acids is 2. The van der Waals surface area contributed by atoms with Crippen molar-refractivity contribution in [2.45, 2.75) is 25.3 Å². The van der Waals surface area contributed by atoms with Gasteiger partial charge in [-0.1, -0.05) is 0 Å². The molecular weight excluding hydrogens is 418 g/mol. The minimum absolute atomic E-state index is 0.0705. The van der Waals surface area contributed by atoms with Crippen molar-refractivity contribution in [3.8, 4) is 0 Å². The summed E-state index contributed by atoms with van der Waals surface area (Å²) in [4.78, 5) is 33.7. The Balaban J connectivity index is 2.63. The number of halogens is 2. The third-order valence-electron chi connectivity index (χ3n) is 2.36. The lowest BCUT2D eigenvalue weighted by Gasteiger charge is -2.13. The highest BCUT2D eigenvalue weighted by Gasteiger charge is 2.22. The molecular formula is C11H11Br2NO5S. The summed E-state index contributed by atoms with van der Waals surface area (Å²) in [6.45, 7) is 0. The van der Waals surface area contributed by atoms with Crippen LogP contribution >= 0.6 is 43.2 Å². The van der Waals surface area contributed by atoms with Crippen LogP contribution in [0.3, 0.4) is 0 Å². The van der Waals surface area contributed by atoms with Crippen LogP contribution in [0.1, 0.15) is 28.9 Å². The molecule has 1 rings (SSSR count). The van der Waals surface area contributed by atoms with Gasteiger partial charge >= 0.3 is 11.9 Å². The SMILES string of the molecule is O=C(O)CCC[C@@H](NC(=O)c1cc(Br)c(Br)s1)C(=O)O. The topological polar surface area (TPSA) is 104 Å². The predicted molar refractivity (Wildman–Crippen MR) is 80.1 cm³/mol. The van der Waals surface area contributed by atoms with Gasteiger partial charge in [0.2, 0.25) is 0 Å². The fourth-order valence-electron chi connectivity index (χ4n) is 1.40. The van der Waals surface area contributed by atoms with E-state index >= 15 is 0 Å². The number of hydrogen-bond donors (Lipinski definition) is 3. The van der Waals surface area contributed by atoms with Gasteiger partial charge in [0.25, 0.3) is 5.91 Å². The average molecular weight is 429 g/mol. The van der Waals surface area contributed by atoms with Crippen LogP contribution < -0.4 is 5.32 Å². The van der Waals surface area contributed by atoms with Crippen molar-refractivity contribution in [3.05, 3.63) is 19.2 Å². The zero-order valence-corrected chi connectivity index (χ0v) is 14.0. The molecule has 0 aromatic carbocycles. The van der Waals surface area contributed by atoms with E-state index < -0.39 is 23.9 Å². The van der Waals surface area contributed by atoms with Crippen molar-refractivity contribution >= 4 is 61.0 Å². The summed E-state index contributed by atoms with van der Waals surface area (Å²) in [5.41, 5.74) is 0. The molecule has 1 heterocycles. The Morgan fingerprint density at radius 2 is 1.95 bits per heavy atom. The van der Waals surface area contributed by atoms with Gasteiger partial charge in [-0.05, 0) is 50.8 Å². The van der Waals surface area contributed by atoms with Gasteiger partial charge in [0.1, 0.15) is 6.04 Å². The third kappa shape index (κ3) is 5.22. The Morgan fingerprint density at radius 1 is 1.30 bits per heavy atom. The second-order valence-electron chi connectivity index (χ2n) is 3.88. The fourth-order valence-corrected chi connectivity index (χ4v) is 3.34. The highest BCUT2D eigenvalue weighted by atomic mass is 79.9. The van der Waals surface area contributed by atoms with Crippen molar-refractivity contribution < 1.29 is 24.6 Å². The average Bonchev–Trinajstić information content (AvgIpc) is 2.67. The summed E-state index contributed by atoms with van der Waals surface area (Å²) in [5.74, 6) is -2.67. The van der Waals surface area contributed by atoms with E-state index in [1.807, 2.05) is 0 Å². The van der Waals surface area contributed by atoms with E-state index in [0.29, 0.717) is 9.35 Å². The second kappa shape index (κ2) is 7.75. The first-order valence-electron chi connectivity index (χ1n) is 5.51. The number of thiophene rings is 1. The zero-order valence-electron chi connectivity index (χ0n) is 10.1. The van der Waals surface area contributed by atoms with E-state index in [0.717, 1.165) is 3.79 Å². The first-order chi connectivity index (χ1) is 9.31. The monoisotopic (exact) mass is 427 g/mol. The molecule has 0 aliphatic carbocycles. The van der Waals surface area contributed by atoms with Gasteiger partial charge in [0.15, 0.2) is 0 Å². The molecule has 0 fully saturated rings. The van der Waals surface area contributed by atoms with E-state index in [9.17, 15) is 14.4 Å². The normalized spacial score (nSPS) is 11.9. The molecule has 0 saturated carbocycles. The lowest BCUT2D eigenvalue weighted by Crippen LogP contribution is -2.40. The van der Waals surface area contributed by atoms with Crippen molar-refractivity contribution in [2.75, 3.05) is 0 Å². The minimum Gasteiger partial charge on any atom is -0.481 e. The number of carboxylic acid groups (broad SMARTS) is 2. The summed E-state index contributed by atoms with van der Waals surface area (Å²) in [5, 5.41) is 19.9. The van der Waals surface area contributed by atoms with E-state index in [4.69, 9.17) is 10.2 Å². The van der Waals surface area contributed by atoms with Crippen molar-refractivity contribution in [2.24, 2.45) is 0 Å². The van der Waals surface area contributed by atoms with Crippen molar-refractivity contribution in [3.63, 3.8) is 0 Å². The molecule has 0 aliphatic heterocycles. The standard InChI is InChI=1S/C11H11Br2NO5S/c12-5-4-7(20-9(5)13)10(17)14-6(11(18)19)2-1-3-8(15)16/h4,6H,1-3H2,(H,14,17)(H,15,16)(H,18,19)/t6-/m1/s1. The lowest BCUT2D eigenvalue weighted by molar-refractivity contribution is -0.140. The molecule has 0 spiro atoms. The molecule has 0 aliphatic rings. The summed E-state index contributed by atoms with van der Waals surface area (Å²) in [7, 11) is 0. The number of nitrogens with one attached hydrogen (secondary N) is 1. The van der Waals surface area contributed by atoms with Gasteiger partial charge in [-0.3, -0.25) is 9.59 Å². The molecule has 1 aromatic heterocycles. The van der Waals surface area contributed by atoms with Crippen LogP contribution in [0.2, 0.25) is 0 Å². The Bertz CT molecular complexity index is 511. The Hall–Kier alpha value is -0.930. The van der Waals surface area contributed by atoms with Gasteiger partial charge in [-0.2, -0.15) is 0 Å². The second-order valence-corrected chi connectivity index (χ2v) is 7.11. The lowest BCUT2D eigenvalue weighted by atomic mass is 10.1. The molecule has 110 valence electrons. The van der Waals surface area contributed by atoms with Crippen LogP contribution in [0.15, 0.2) is 14.3 Å². The number of hydrogen-bond acceptors (Lipinski definition) is 4. The molecule has 0 unspecified atom stereocenters. The number of rotatable bonds is 7.